The van der Waals surface area contributed by atoms with Crippen LogP contribution in [0.2, 0.25) is 0 Å². The number of rotatable bonds is 2. The minimum atomic E-state index is -0.366. The number of nitrogens with zero attached hydrogens (tertiary/aromatic N) is 1. The second-order valence-electron chi connectivity index (χ2n) is 4.35. The van der Waals surface area contributed by atoms with Gasteiger partial charge in [0.2, 0.25) is 5.91 Å². The van der Waals surface area contributed by atoms with E-state index in [0.29, 0.717) is 12.0 Å². The van der Waals surface area contributed by atoms with Crippen molar-refractivity contribution in [3.8, 4) is 0 Å². The van der Waals surface area contributed by atoms with Crippen LogP contribution in [0.25, 0.3) is 0 Å². The standard InChI is InChI=1S/C14H15NO2/c1-10-8-13(15(9-10)11(2)16)14(17)12-6-4-3-5-7-12/h3-7,9,13H,8H2,1-2H3. The lowest BCUT2D eigenvalue weighted by Crippen LogP contribution is -2.37. The molecule has 2 rings (SSSR count). The van der Waals surface area contributed by atoms with Crippen LogP contribution in [0.3, 0.4) is 0 Å². The maximum absolute atomic E-state index is 12.3. The lowest BCUT2D eigenvalue weighted by Gasteiger charge is -2.21. The third-order valence-electron chi connectivity index (χ3n) is 2.94. The van der Waals surface area contributed by atoms with Crippen LogP contribution in [0, 0.1) is 0 Å². The van der Waals surface area contributed by atoms with E-state index in [9.17, 15) is 9.59 Å². The fourth-order valence-electron chi connectivity index (χ4n) is 2.11. The monoisotopic (exact) mass is 229 g/mol. The van der Waals surface area contributed by atoms with E-state index in [4.69, 9.17) is 0 Å². The van der Waals surface area contributed by atoms with Crippen molar-refractivity contribution in [3.63, 3.8) is 0 Å². The van der Waals surface area contributed by atoms with Crippen LogP contribution in [0.4, 0.5) is 0 Å². The third kappa shape index (κ3) is 2.28. The Hall–Kier alpha value is -1.90. The minimum absolute atomic E-state index is 0.00824. The highest BCUT2D eigenvalue weighted by atomic mass is 16.2. The smallest absolute Gasteiger partial charge is 0.224 e. The van der Waals surface area contributed by atoms with Crippen molar-refractivity contribution < 1.29 is 9.59 Å². The molecule has 0 aliphatic carbocycles. The van der Waals surface area contributed by atoms with Crippen LogP contribution in [-0.2, 0) is 4.79 Å². The van der Waals surface area contributed by atoms with Crippen molar-refractivity contribution in [1.82, 2.24) is 4.90 Å². The molecule has 3 heteroatoms. The summed E-state index contributed by atoms with van der Waals surface area (Å²) in [5, 5.41) is 0. The fourth-order valence-corrected chi connectivity index (χ4v) is 2.11. The Morgan fingerprint density at radius 3 is 2.47 bits per heavy atom. The molecule has 0 radical (unpaired) electrons. The first kappa shape index (κ1) is 11.6. The summed E-state index contributed by atoms with van der Waals surface area (Å²) in [4.78, 5) is 25.3. The van der Waals surface area contributed by atoms with Gasteiger partial charge in [0.05, 0.1) is 0 Å². The van der Waals surface area contributed by atoms with Gasteiger partial charge in [-0.3, -0.25) is 9.59 Å². The number of benzene rings is 1. The molecule has 1 aliphatic rings. The Labute approximate surface area is 101 Å². The molecule has 1 aromatic carbocycles. The van der Waals surface area contributed by atoms with Gasteiger partial charge in [0.15, 0.2) is 5.78 Å². The van der Waals surface area contributed by atoms with Crippen LogP contribution in [0.15, 0.2) is 42.1 Å². The molecule has 0 saturated carbocycles. The number of hydrogen-bond donors (Lipinski definition) is 0. The lowest BCUT2D eigenvalue weighted by molar-refractivity contribution is -0.127. The Morgan fingerprint density at radius 1 is 1.24 bits per heavy atom. The van der Waals surface area contributed by atoms with Crippen LogP contribution in [-0.4, -0.2) is 22.6 Å². The van der Waals surface area contributed by atoms with Gasteiger partial charge < -0.3 is 4.90 Å². The summed E-state index contributed by atoms with van der Waals surface area (Å²) in [6.07, 6.45) is 2.40. The van der Waals surface area contributed by atoms with Gasteiger partial charge in [-0.15, -0.1) is 0 Å². The molecule has 0 spiro atoms. The molecular weight excluding hydrogens is 214 g/mol. The topological polar surface area (TPSA) is 37.4 Å². The van der Waals surface area contributed by atoms with Crippen molar-refractivity contribution in [3.05, 3.63) is 47.7 Å². The van der Waals surface area contributed by atoms with E-state index in [1.165, 1.54) is 11.8 Å². The van der Waals surface area contributed by atoms with Gasteiger partial charge in [0.1, 0.15) is 6.04 Å². The molecule has 17 heavy (non-hydrogen) atoms. The van der Waals surface area contributed by atoms with Gasteiger partial charge in [-0.2, -0.15) is 0 Å². The van der Waals surface area contributed by atoms with Gasteiger partial charge in [0.25, 0.3) is 0 Å². The number of hydrogen-bond acceptors (Lipinski definition) is 2. The molecular formula is C14H15NO2. The molecule has 1 unspecified atom stereocenters. The molecule has 0 aromatic heterocycles. The molecule has 0 bridgehead atoms. The summed E-state index contributed by atoms with van der Waals surface area (Å²) < 4.78 is 0. The lowest BCUT2D eigenvalue weighted by atomic mass is 10.0. The minimum Gasteiger partial charge on any atom is -0.308 e. The first-order chi connectivity index (χ1) is 8.09. The molecule has 1 aliphatic heterocycles. The summed E-state index contributed by atoms with van der Waals surface area (Å²) in [6.45, 7) is 3.43. The average molecular weight is 229 g/mol. The third-order valence-corrected chi connectivity index (χ3v) is 2.94. The zero-order chi connectivity index (χ0) is 12.4. The maximum atomic E-state index is 12.3. The summed E-state index contributed by atoms with van der Waals surface area (Å²) >= 11 is 0. The molecule has 0 N–H and O–H groups in total. The van der Waals surface area contributed by atoms with Crippen molar-refractivity contribution in [1.29, 1.82) is 0 Å². The van der Waals surface area contributed by atoms with Gasteiger partial charge in [-0.05, 0) is 13.3 Å². The van der Waals surface area contributed by atoms with Crippen LogP contribution in [0.5, 0.6) is 0 Å². The predicted molar refractivity (Wildman–Crippen MR) is 65.5 cm³/mol. The van der Waals surface area contributed by atoms with Crippen LogP contribution in [0.1, 0.15) is 30.6 Å². The summed E-state index contributed by atoms with van der Waals surface area (Å²) in [5.41, 5.74) is 1.72. The van der Waals surface area contributed by atoms with Crippen LogP contribution >= 0.6 is 0 Å². The van der Waals surface area contributed by atoms with E-state index in [2.05, 4.69) is 0 Å². The van der Waals surface area contributed by atoms with Gasteiger partial charge in [0, 0.05) is 18.7 Å². The first-order valence-corrected chi connectivity index (χ1v) is 5.65. The highest BCUT2D eigenvalue weighted by molar-refractivity contribution is 6.02. The molecule has 1 aromatic rings. The zero-order valence-corrected chi connectivity index (χ0v) is 10.0. The van der Waals surface area contributed by atoms with E-state index in [1.807, 2.05) is 25.1 Å². The molecule has 1 amide bonds. The molecule has 3 nitrogen and oxygen atoms in total. The SMILES string of the molecule is CC(=O)N1C=C(C)CC1C(=O)c1ccccc1. The quantitative estimate of drug-likeness (QED) is 0.730. The number of ketones is 1. The Balaban J connectivity index is 2.24. The summed E-state index contributed by atoms with van der Waals surface area (Å²) in [6, 6.07) is 8.75. The highest BCUT2D eigenvalue weighted by Crippen LogP contribution is 2.24. The zero-order valence-electron chi connectivity index (χ0n) is 10.0. The second-order valence-corrected chi connectivity index (χ2v) is 4.35. The second kappa shape index (κ2) is 4.53. The maximum Gasteiger partial charge on any atom is 0.224 e. The Kier molecular flexibility index (Phi) is 3.09. The van der Waals surface area contributed by atoms with E-state index in [-0.39, 0.29) is 17.7 Å². The number of amides is 1. The van der Waals surface area contributed by atoms with Crippen molar-refractivity contribution in [2.45, 2.75) is 26.3 Å². The van der Waals surface area contributed by atoms with E-state index < -0.39 is 0 Å². The van der Waals surface area contributed by atoms with Gasteiger partial charge in [-0.25, -0.2) is 0 Å². The Bertz CT molecular complexity index is 476. The largest absolute Gasteiger partial charge is 0.308 e. The molecule has 0 fully saturated rings. The van der Waals surface area contributed by atoms with Crippen LogP contribution < -0.4 is 0 Å². The van der Waals surface area contributed by atoms with E-state index in [1.54, 1.807) is 18.3 Å². The summed E-state index contributed by atoms with van der Waals surface area (Å²) in [5.74, 6) is -0.0787. The molecule has 88 valence electrons. The van der Waals surface area contributed by atoms with Crippen molar-refractivity contribution >= 4 is 11.7 Å². The highest BCUT2D eigenvalue weighted by Gasteiger charge is 2.31. The normalized spacial score (nSPS) is 19.1. The van der Waals surface area contributed by atoms with Crippen molar-refractivity contribution in [2.75, 3.05) is 0 Å². The molecule has 1 heterocycles. The molecule has 1 atom stereocenters. The molecule has 0 saturated heterocycles. The van der Waals surface area contributed by atoms with Gasteiger partial charge in [-0.1, -0.05) is 35.9 Å². The number of carbonyl (C=O) groups excluding carboxylic acids is 2. The fraction of sp³-hybridized carbons (Fsp3) is 0.286. The van der Waals surface area contributed by atoms with E-state index in [0.717, 1.165) is 5.57 Å². The van der Waals surface area contributed by atoms with Crippen molar-refractivity contribution in [2.24, 2.45) is 0 Å². The Morgan fingerprint density at radius 2 is 1.88 bits per heavy atom. The predicted octanol–water partition coefficient (Wildman–Crippen LogP) is 2.39. The first-order valence-electron chi connectivity index (χ1n) is 5.65. The summed E-state index contributed by atoms with van der Waals surface area (Å²) in [7, 11) is 0. The average Bonchev–Trinajstić information content (AvgIpc) is 2.72. The number of Topliss-reactive ketones (excluding diaryl/α,β-unsaturated/α-hetero) is 1. The number of carbonyl (C=O) groups is 2. The van der Waals surface area contributed by atoms with E-state index >= 15 is 0 Å². The van der Waals surface area contributed by atoms with Gasteiger partial charge >= 0.3 is 0 Å².